The normalized spacial score (nSPS) is 12.5. The number of hydrogen-bond donors (Lipinski definition) is 0. The predicted octanol–water partition coefficient (Wildman–Crippen LogP) is 3.60. The van der Waals surface area contributed by atoms with Crippen molar-refractivity contribution < 1.29 is 4.79 Å². The molecule has 0 fully saturated rings. The summed E-state index contributed by atoms with van der Waals surface area (Å²) in [6, 6.07) is 0.448. The van der Waals surface area contributed by atoms with Crippen molar-refractivity contribution in [1.82, 2.24) is 4.90 Å². The molecule has 0 spiro atoms. The van der Waals surface area contributed by atoms with Gasteiger partial charge in [0.05, 0.1) is 0 Å². The third-order valence-electron chi connectivity index (χ3n) is 3.16. The molecule has 0 aromatic rings. The molecule has 0 aliphatic rings. The van der Waals surface area contributed by atoms with Crippen LogP contribution >= 0.6 is 0 Å². The predicted molar refractivity (Wildman–Crippen MR) is 65.9 cm³/mol. The lowest BCUT2D eigenvalue weighted by molar-refractivity contribution is -0.129. The molecule has 2 heteroatoms. The Balaban J connectivity index is 3.66. The Bertz CT molecular complexity index is 168. The molecule has 1 atom stereocenters. The third-order valence-corrected chi connectivity index (χ3v) is 3.16. The molecule has 0 aliphatic carbocycles. The lowest BCUT2D eigenvalue weighted by atomic mass is 10.0. The summed E-state index contributed by atoms with van der Waals surface area (Å²) < 4.78 is 0. The van der Waals surface area contributed by atoms with Crippen LogP contribution in [0.1, 0.15) is 65.7 Å². The highest BCUT2D eigenvalue weighted by Crippen LogP contribution is 2.13. The number of hydrogen-bond acceptors (Lipinski definition) is 1. The number of amides is 1. The standard InChI is InChI=1S/C13H27NO/c1-5-7-8-9-10-11-13(6-2)14(4)12(3)15/h13H,5-11H2,1-4H3/t13-/m0/s1. The fourth-order valence-electron chi connectivity index (χ4n) is 1.91. The molecule has 0 unspecified atom stereocenters. The van der Waals surface area contributed by atoms with Crippen LogP contribution in [0.15, 0.2) is 0 Å². The summed E-state index contributed by atoms with van der Waals surface area (Å²) in [6.07, 6.45) is 8.80. The van der Waals surface area contributed by atoms with Gasteiger partial charge in [0.2, 0.25) is 5.91 Å². The molecule has 0 aliphatic heterocycles. The van der Waals surface area contributed by atoms with Crippen LogP contribution in [0.5, 0.6) is 0 Å². The van der Waals surface area contributed by atoms with E-state index in [1.54, 1.807) is 6.92 Å². The van der Waals surface area contributed by atoms with Gasteiger partial charge in [-0.3, -0.25) is 4.79 Å². The van der Waals surface area contributed by atoms with Crippen molar-refractivity contribution in [2.45, 2.75) is 71.8 Å². The Labute approximate surface area is 95.0 Å². The first-order valence-electron chi connectivity index (χ1n) is 6.36. The van der Waals surface area contributed by atoms with E-state index < -0.39 is 0 Å². The van der Waals surface area contributed by atoms with Crippen LogP contribution in [0.25, 0.3) is 0 Å². The largest absolute Gasteiger partial charge is 0.343 e. The molecule has 0 rings (SSSR count). The zero-order valence-corrected chi connectivity index (χ0v) is 10.9. The second-order valence-electron chi connectivity index (χ2n) is 4.39. The summed E-state index contributed by atoms with van der Waals surface area (Å²) in [5.41, 5.74) is 0. The molecule has 1 amide bonds. The monoisotopic (exact) mass is 213 g/mol. The minimum absolute atomic E-state index is 0.190. The van der Waals surface area contributed by atoms with Crippen molar-refractivity contribution in [1.29, 1.82) is 0 Å². The highest BCUT2D eigenvalue weighted by atomic mass is 16.2. The van der Waals surface area contributed by atoms with Crippen LogP contribution in [-0.4, -0.2) is 23.9 Å². The molecule has 0 aromatic heterocycles. The summed E-state index contributed by atoms with van der Waals surface area (Å²) in [6.45, 7) is 6.05. The Hall–Kier alpha value is -0.530. The minimum atomic E-state index is 0.190. The van der Waals surface area contributed by atoms with Crippen molar-refractivity contribution in [2.75, 3.05) is 7.05 Å². The second kappa shape index (κ2) is 8.75. The van der Waals surface area contributed by atoms with E-state index >= 15 is 0 Å². The molecular weight excluding hydrogens is 186 g/mol. The summed E-state index contributed by atoms with van der Waals surface area (Å²) in [4.78, 5) is 13.1. The number of nitrogens with zero attached hydrogens (tertiary/aromatic N) is 1. The van der Waals surface area contributed by atoms with Gasteiger partial charge in [-0.05, 0) is 12.8 Å². The molecule has 0 saturated heterocycles. The van der Waals surface area contributed by atoms with Crippen molar-refractivity contribution >= 4 is 5.91 Å². The maximum atomic E-state index is 11.2. The fraction of sp³-hybridized carbons (Fsp3) is 0.923. The first-order valence-corrected chi connectivity index (χ1v) is 6.36. The summed E-state index contributed by atoms with van der Waals surface area (Å²) >= 11 is 0. The molecular formula is C13H27NO. The number of carbonyl (C=O) groups excluding carboxylic acids is 1. The van der Waals surface area contributed by atoms with Gasteiger partial charge in [0, 0.05) is 20.0 Å². The van der Waals surface area contributed by atoms with Gasteiger partial charge in [-0.2, -0.15) is 0 Å². The Kier molecular flexibility index (Phi) is 8.44. The summed E-state index contributed by atoms with van der Waals surface area (Å²) in [5, 5.41) is 0. The smallest absolute Gasteiger partial charge is 0.219 e. The van der Waals surface area contributed by atoms with Crippen molar-refractivity contribution in [3.05, 3.63) is 0 Å². The van der Waals surface area contributed by atoms with Gasteiger partial charge in [-0.1, -0.05) is 46.0 Å². The maximum absolute atomic E-state index is 11.2. The van der Waals surface area contributed by atoms with Gasteiger partial charge in [0.1, 0.15) is 0 Å². The van der Waals surface area contributed by atoms with E-state index in [0.717, 1.165) is 12.8 Å². The minimum Gasteiger partial charge on any atom is -0.343 e. The number of unbranched alkanes of at least 4 members (excludes halogenated alkanes) is 4. The van der Waals surface area contributed by atoms with E-state index in [9.17, 15) is 4.79 Å². The van der Waals surface area contributed by atoms with E-state index in [4.69, 9.17) is 0 Å². The van der Waals surface area contributed by atoms with Crippen LogP contribution in [0.4, 0.5) is 0 Å². The first-order chi connectivity index (χ1) is 7.13. The second-order valence-corrected chi connectivity index (χ2v) is 4.39. The molecule has 2 nitrogen and oxygen atoms in total. The molecule has 90 valence electrons. The maximum Gasteiger partial charge on any atom is 0.219 e. The van der Waals surface area contributed by atoms with Crippen LogP contribution in [0.2, 0.25) is 0 Å². The average molecular weight is 213 g/mol. The van der Waals surface area contributed by atoms with Gasteiger partial charge in [0.25, 0.3) is 0 Å². The van der Waals surface area contributed by atoms with Crippen LogP contribution in [0, 0.1) is 0 Å². The molecule has 0 radical (unpaired) electrons. The molecule has 0 saturated carbocycles. The molecule has 0 bridgehead atoms. The van der Waals surface area contributed by atoms with Crippen LogP contribution < -0.4 is 0 Å². The lowest BCUT2D eigenvalue weighted by Crippen LogP contribution is -2.34. The van der Waals surface area contributed by atoms with E-state index in [1.165, 1.54) is 32.1 Å². The summed E-state index contributed by atoms with van der Waals surface area (Å²) in [5.74, 6) is 0.190. The molecule has 0 aromatic carbocycles. The third kappa shape index (κ3) is 6.53. The molecule has 0 N–H and O–H groups in total. The first kappa shape index (κ1) is 14.5. The van der Waals surface area contributed by atoms with Gasteiger partial charge in [0.15, 0.2) is 0 Å². The number of rotatable bonds is 8. The van der Waals surface area contributed by atoms with Crippen molar-refractivity contribution in [3.63, 3.8) is 0 Å². The van der Waals surface area contributed by atoms with Gasteiger partial charge < -0.3 is 4.90 Å². The van der Waals surface area contributed by atoms with Gasteiger partial charge in [-0.15, -0.1) is 0 Å². The Morgan fingerprint density at radius 2 is 1.73 bits per heavy atom. The SMILES string of the molecule is CCCCCCC[C@H](CC)N(C)C(C)=O. The molecule has 0 heterocycles. The van der Waals surface area contributed by atoms with Gasteiger partial charge in [-0.25, -0.2) is 0 Å². The van der Waals surface area contributed by atoms with Crippen molar-refractivity contribution in [2.24, 2.45) is 0 Å². The van der Waals surface area contributed by atoms with E-state index in [2.05, 4.69) is 13.8 Å². The quantitative estimate of drug-likeness (QED) is 0.564. The zero-order valence-electron chi connectivity index (χ0n) is 10.9. The highest BCUT2D eigenvalue weighted by molar-refractivity contribution is 5.73. The van der Waals surface area contributed by atoms with Gasteiger partial charge >= 0.3 is 0 Å². The Morgan fingerprint density at radius 3 is 2.20 bits per heavy atom. The van der Waals surface area contributed by atoms with E-state index in [-0.39, 0.29) is 5.91 Å². The lowest BCUT2D eigenvalue weighted by Gasteiger charge is -2.26. The highest BCUT2D eigenvalue weighted by Gasteiger charge is 2.13. The van der Waals surface area contributed by atoms with Crippen LogP contribution in [0.3, 0.4) is 0 Å². The Morgan fingerprint density at radius 1 is 1.13 bits per heavy atom. The fourth-order valence-corrected chi connectivity index (χ4v) is 1.91. The molecule has 15 heavy (non-hydrogen) atoms. The van der Waals surface area contributed by atoms with E-state index in [1.807, 2.05) is 11.9 Å². The summed E-state index contributed by atoms with van der Waals surface area (Å²) in [7, 11) is 1.92. The zero-order chi connectivity index (χ0) is 11.7. The topological polar surface area (TPSA) is 20.3 Å². The van der Waals surface area contributed by atoms with Crippen LogP contribution in [-0.2, 0) is 4.79 Å². The average Bonchev–Trinajstić information content (AvgIpc) is 2.22. The number of carbonyl (C=O) groups is 1. The van der Waals surface area contributed by atoms with Crippen molar-refractivity contribution in [3.8, 4) is 0 Å². The van der Waals surface area contributed by atoms with E-state index in [0.29, 0.717) is 6.04 Å².